The fourth-order valence-corrected chi connectivity index (χ4v) is 4.73. The smallest absolute Gasteiger partial charge is 0.265 e. The van der Waals surface area contributed by atoms with Crippen LogP contribution in [0.3, 0.4) is 0 Å². The Bertz CT molecular complexity index is 1010. The van der Waals surface area contributed by atoms with E-state index in [1.807, 2.05) is 19.9 Å². The predicted molar refractivity (Wildman–Crippen MR) is 111 cm³/mol. The molecule has 0 bridgehead atoms. The third kappa shape index (κ3) is 4.10. The number of halogens is 1. The van der Waals surface area contributed by atoms with E-state index >= 15 is 0 Å². The van der Waals surface area contributed by atoms with Gasteiger partial charge in [0.2, 0.25) is 5.91 Å². The highest BCUT2D eigenvalue weighted by atomic mass is 35.5. The highest BCUT2D eigenvalue weighted by molar-refractivity contribution is 7.92. The van der Waals surface area contributed by atoms with Crippen LogP contribution in [0.4, 0.5) is 11.4 Å². The van der Waals surface area contributed by atoms with Crippen LogP contribution in [0.2, 0.25) is 5.02 Å². The van der Waals surface area contributed by atoms with Crippen LogP contribution in [0.5, 0.6) is 5.75 Å². The quantitative estimate of drug-likeness (QED) is 0.787. The molecule has 0 unspecified atom stereocenters. The van der Waals surface area contributed by atoms with Crippen LogP contribution in [0.15, 0.2) is 41.3 Å². The first kappa shape index (κ1) is 20.5. The lowest BCUT2D eigenvalue weighted by Gasteiger charge is -2.31. The summed E-state index contributed by atoms with van der Waals surface area (Å²) in [7, 11) is -2.52. The number of anilines is 2. The van der Waals surface area contributed by atoms with Crippen LogP contribution in [0.1, 0.15) is 25.8 Å². The fraction of sp³-hybridized carbons (Fsp3) is 0.350. The van der Waals surface area contributed by atoms with Gasteiger partial charge < -0.3 is 9.64 Å². The highest BCUT2D eigenvalue weighted by Gasteiger charge is 2.26. The first-order valence-electron chi connectivity index (χ1n) is 9.03. The predicted octanol–water partition coefficient (Wildman–Crippen LogP) is 4.08. The van der Waals surface area contributed by atoms with Crippen LogP contribution in [-0.4, -0.2) is 28.0 Å². The van der Waals surface area contributed by atoms with Gasteiger partial charge in [0.05, 0.1) is 12.8 Å². The van der Waals surface area contributed by atoms with Crippen molar-refractivity contribution in [1.29, 1.82) is 0 Å². The number of hydrogen-bond acceptors (Lipinski definition) is 4. The molecule has 0 aromatic heterocycles. The lowest BCUT2D eigenvalue weighted by atomic mass is 9.99. The number of sulfonamides is 1. The van der Waals surface area contributed by atoms with Gasteiger partial charge in [0.25, 0.3) is 10.0 Å². The van der Waals surface area contributed by atoms with Crippen molar-refractivity contribution in [2.45, 2.75) is 31.6 Å². The van der Waals surface area contributed by atoms with Crippen LogP contribution in [0.25, 0.3) is 0 Å². The molecular formula is C20H23ClN2O4S. The van der Waals surface area contributed by atoms with Crippen LogP contribution in [0, 0.1) is 5.92 Å². The van der Waals surface area contributed by atoms with Crippen molar-refractivity contribution in [2.75, 3.05) is 23.3 Å². The molecule has 1 aliphatic rings. The molecule has 1 amide bonds. The Balaban J connectivity index is 1.97. The fourth-order valence-electron chi connectivity index (χ4n) is 3.25. The number of nitrogens with zero attached hydrogens (tertiary/aromatic N) is 1. The molecule has 3 rings (SSSR count). The van der Waals surface area contributed by atoms with E-state index in [4.69, 9.17) is 16.3 Å². The average Bonchev–Trinajstić information content (AvgIpc) is 2.66. The van der Waals surface area contributed by atoms with Crippen molar-refractivity contribution < 1.29 is 17.9 Å². The van der Waals surface area contributed by atoms with Crippen LogP contribution < -0.4 is 14.4 Å². The van der Waals surface area contributed by atoms with E-state index in [9.17, 15) is 13.2 Å². The Morgan fingerprint density at radius 2 is 1.96 bits per heavy atom. The molecule has 0 spiro atoms. The summed E-state index contributed by atoms with van der Waals surface area (Å²) >= 11 is 5.97. The molecule has 0 aliphatic carbocycles. The number of methoxy groups -OCH3 is 1. The zero-order valence-corrected chi connectivity index (χ0v) is 17.6. The molecule has 0 fully saturated rings. The number of ether oxygens (including phenoxy) is 1. The van der Waals surface area contributed by atoms with Crippen molar-refractivity contribution in [3.05, 3.63) is 47.0 Å². The molecule has 8 heteroatoms. The lowest BCUT2D eigenvalue weighted by Crippen LogP contribution is -2.38. The number of hydrogen-bond donors (Lipinski definition) is 1. The molecular weight excluding hydrogens is 400 g/mol. The van der Waals surface area contributed by atoms with Gasteiger partial charge >= 0.3 is 0 Å². The lowest BCUT2D eigenvalue weighted by molar-refractivity contribution is -0.121. The van der Waals surface area contributed by atoms with Gasteiger partial charge in [-0.15, -0.1) is 0 Å². The summed E-state index contributed by atoms with van der Waals surface area (Å²) in [6.45, 7) is 4.34. The molecule has 150 valence electrons. The Labute approximate surface area is 170 Å². The van der Waals surface area contributed by atoms with E-state index < -0.39 is 10.0 Å². The second-order valence-electron chi connectivity index (χ2n) is 6.99. The zero-order valence-electron chi connectivity index (χ0n) is 16.0. The van der Waals surface area contributed by atoms with Crippen LogP contribution >= 0.6 is 11.6 Å². The van der Waals surface area contributed by atoms with Crippen molar-refractivity contribution in [3.8, 4) is 5.75 Å². The molecule has 0 saturated carbocycles. The third-order valence-corrected chi connectivity index (χ3v) is 6.27. The van der Waals surface area contributed by atoms with Crippen molar-refractivity contribution in [3.63, 3.8) is 0 Å². The molecule has 1 N–H and O–H groups in total. The Morgan fingerprint density at radius 1 is 1.21 bits per heavy atom. The maximum Gasteiger partial charge on any atom is 0.265 e. The minimum absolute atomic E-state index is 0.0254. The molecule has 2 aromatic rings. The second-order valence-corrected chi connectivity index (χ2v) is 9.08. The standard InChI is InChI=1S/C20H23ClN2O4S/c1-13(2)20(24)23-10-4-5-14-6-8-16(12-17(14)23)22-28(25,26)19-11-15(21)7-9-18(19)27-3/h6-9,11-13,22H,4-5,10H2,1-3H3. The highest BCUT2D eigenvalue weighted by Crippen LogP contribution is 2.33. The summed E-state index contributed by atoms with van der Waals surface area (Å²) in [6.07, 6.45) is 1.74. The summed E-state index contributed by atoms with van der Waals surface area (Å²) in [5, 5.41) is 0.292. The molecule has 0 atom stereocenters. The van der Waals surface area contributed by atoms with Gasteiger partial charge in [-0.2, -0.15) is 0 Å². The van der Waals surface area contributed by atoms with Crippen LogP contribution in [-0.2, 0) is 21.2 Å². The maximum absolute atomic E-state index is 12.9. The largest absolute Gasteiger partial charge is 0.495 e. The van der Waals surface area contributed by atoms with E-state index in [1.165, 1.54) is 19.2 Å². The Morgan fingerprint density at radius 3 is 2.64 bits per heavy atom. The first-order valence-corrected chi connectivity index (χ1v) is 10.9. The van der Waals surface area contributed by atoms with Gasteiger partial charge in [-0.1, -0.05) is 31.5 Å². The second kappa shape index (κ2) is 8.01. The molecule has 1 aliphatic heterocycles. The van der Waals surface area contributed by atoms with E-state index in [0.29, 0.717) is 17.3 Å². The summed E-state index contributed by atoms with van der Waals surface area (Å²) in [4.78, 5) is 14.2. The van der Waals surface area contributed by atoms with E-state index in [1.54, 1.807) is 23.1 Å². The summed E-state index contributed by atoms with van der Waals surface area (Å²) < 4.78 is 33.5. The summed E-state index contributed by atoms with van der Waals surface area (Å²) in [5.74, 6) is 0.0889. The number of aryl methyl sites for hydroxylation is 1. The Kier molecular flexibility index (Phi) is 5.86. The monoisotopic (exact) mass is 422 g/mol. The molecule has 28 heavy (non-hydrogen) atoms. The minimum atomic E-state index is -3.92. The van der Waals surface area contributed by atoms with Gasteiger partial charge in [-0.3, -0.25) is 9.52 Å². The van der Waals surface area contributed by atoms with Gasteiger partial charge in [-0.25, -0.2) is 8.42 Å². The number of benzene rings is 2. The number of fused-ring (bicyclic) bond motifs is 1. The van der Waals surface area contributed by atoms with Gasteiger partial charge in [-0.05, 0) is 48.7 Å². The molecule has 1 heterocycles. The third-order valence-electron chi connectivity index (χ3n) is 4.63. The van der Waals surface area contributed by atoms with E-state index in [0.717, 1.165) is 24.1 Å². The Hall–Kier alpha value is -2.25. The first-order chi connectivity index (χ1) is 13.2. The number of carbonyl (C=O) groups is 1. The molecule has 0 radical (unpaired) electrons. The van der Waals surface area contributed by atoms with Gasteiger partial charge in [0.1, 0.15) is 10.6 Å². The summed E-state index contributed by atoms with van der Waals surface area (Å²) in [5.41, 5.74) is 2.16. The van der Waals surface area contributed by atoms with E-state index in [-0.39, 0.29) is 22.5 Å². The number of rotatable bonds is 5. The van der Waals surface area contributed by atoms with Crippen molar-refractivity contribution in [1.82, 2.24) is 0 Å². The average molecular weight is 423 g/mol. The van der Waals surface area contributed by atoms with Crippen molar-refractivity contribution >= 4 is 38.9 Å². The SMILES string of the molecule is COc1ccc(Cl)cc1S(=O)(=O)Nc1ccc2c(c1)N(C(=O)C(C)C)CCC2. The normalized spacial score (nSPS) is 14.0. The van der Waals surface area contributed by atoms with Crippen molar-refractivity contribution in [2.24, 2.45) is 5.92 Å². The molecule has 6 nitrogen and oxygen atoms in total. The topological polar surface area (TPSA) is 75.7 Å². The molecule has 2 aromatic carbocycles. The zero-order chi connectivity index (χ0) is 20.5. The molecule has 0 saturated heterocycles. The number of nitrogens with one attached hydrogen (secondary N) is 1. The van der Waals surface area contributed by atoms with Gasteiger partial charge in [0, 0.05) is 23.2 Å². The van der Waals surface area contributed by atoms with E-state index in [2.05, 4.69) is 4.72 Å². The minimum Gasteiger partial charge on any atom is -0.495 e. The number of carbonyl (C=O) groups excluding carboxylic acids is 1. The number of amides is 1. The summed E-state index contributed by atoms with van der Waals surface area (Å²) in [6, 6.07) is 9.69. The maximum atomic E-state index is 12.9. The van der Waals surface area contributed by atoms with Gasteiger partial charge in [0.15, 0.2) is 0 Å².